The molecule has 0 saturated carbocycles. The summed E-state index contributed by atoms with van der Waals surface area (Å²) in [5.41, 5.74) is 7.50. The highest BCUT2D eigenvalue weighted by molar-refractivity contribution is 7.22. The first kappa shape index (κ1) is 20.2. The Morgan fingerprint density at radius 3 is 2.47 bits per heavy atom. The monoisotopic (exact) mass is 415 g/mol. The molecule has 5 heteroatoms. The third kappa shape index (κ3) is 4.12. The molecule has 0 aliphatic heterocycles. The molecule has 0 bridgehead atoms. The van der Waals surface area contributed by atoms with Crippen LogP contribution in [0.4, 0.5) is 5.13 Å². The lowest BCUT2D eigenvalue weighted by molar-refractivity contribution is -0.118. The molecule has 0 aliphatic carbocycles. The highest BCUT2D eigenvalue weighted by Gasteiger charge is 2.22. The number of nitrogens with zero attached hydrogens (tertiary/aromatic N) is 3. The van der Waals surface area contributed by atoms with Crippen LogP contribution in [0.25, 0.3) is 10.2 Å². The number of aromatic nitrogens is 2. The zero-order valence-electron chi connectivity index (χ0n) is 17.8. The van der Waals surface area contributed by atoms with Gasteiger partial charge in [-0.1, -0.05) is 53.3 Å². The van der Waals surface area contributed by atoms with Gasteiger partial charge in [-0.25, -0.2) is 4.98 Å². The lowest BCUT2D eigenvalue weighted by Gasteiger charge is -2.20. The maximum Gasteiger partial charge on any atom is 0.233 e. The predicted molar refractivity (Wildman–Crippen MR) is 124 cm³/mol. The summed E-state index contributed by atoms with van der Waals surface area (Å²) < 4.78 is 1.13. The number of hydrogen-bond acceptors (Lipinski definition) is 4. The number of rotatable bonds is 5. The fourth-order valence-corrected chi connectivity index (χ4v) is 4.71. The van der Waals surface area contributed by atoms with Crippen LogP contribution >= 0.6 is 11.3 Å². The topological polar surface area (TPSA) is 46.1 Å². The Labute approximate surface area is 181 Å². The summed E-state index contributed by atoms with van der Waals surface area (Å²) >= 11 is 1.58. The molecular weight excluding hydrogens is 390 g/mol. The van der Waals surface area contributed by atoms with Crippen LogP contribution < -0.4 is 4.90 Å². The zero-order chi connectivity index (χ0) is 21.3. The highest BCUT2D eigenvalue weighted by atomic mass is 32.1. The van der Waals surface area contributed by atoms with Crippen molar-refractivity contribution in [3.63, 3.8) is 0 Å². The van der Waals surface area contributed by atoms with Gasteiger partial charge in [-0.3, -0.25) is 14.7 Å². The van der Waals surface area contributed by atoms with Crippen molar-refractivity contribution in [1.29, 1.82) is 0 Å². The first-order valence-electron chi connectivity index (χ1n) is 10.1. The summed E-state index contributed by atoms with van der Waals surface area (Å²) in [6, 6.07) is 16.2. The summed E-state index contributed by atoms with van der Waals surface area (Å²) in [5.74, 6) is 0.0296. The van der Waals surface area contributed by atoms with Crippen LogP contribution in [0.5, 0.6) is 0 Å². The summed E-state index contributed by atoms with van der Waals surface area (Å²) in [5, 5.41) is 0.725. The van der Waals surface area contributed by atoms with Gasteiger partial charge in [0.2, 0.25) is 5.91 Å². The fourth-order valence-electron chi connectivity index (χ4n) is 3.58. The van der Waals surface area contributed by atoms with E-state index in [-0.39, 0.29) is 5.91 Å². The molecule has 2 heterocycles. The Kier molecular flexibility index (Phi) is 5.64. The highest BCUT2D eigenvalue weighted by Crippen LogP contribution is 2.34. The number of aryl methyl sites for hydroxylation is 4. The number of hydrogen-bond donors (Lipinski definition) is 0. The van der Waals surface area contributed by atoms with Gasteiger partial charge >= 0.3 is 0 Å². The van der Waals surface area contributed by atoms with Crippen LogP contribution in [0.1, 0.15) is 33.5 Å². The lowest BCUT2D eigenvalue weighted by atomic mass is 10.0. The predicted octanol–water partition coefficient (Wildman–Crippen LogP) is 5.70. The number of carbonyl (C=O) groups excluding carboxylic acids is 1. The Bertz CT molecular complexity index is 1180. The molecule has 0 aliphatic rings. The largest absolute Gasteiger partial charge is 0.282 e. The van der Waals surface area contributed by atoms with E-state index in [4.69, 9.17) is 4.98 Å². The molecule has 2 aromatic carbocycles. The smallest absolute Gasteiger partial charge is 0.233 e. The summed E-state index contributed by atoms with van der Waals surface area (Å²) in [6.07, 6.45) is 2.10. The molecular formula is C25H25N3OS. The summed E-state index contributed by atoms with van der Waals surface area (Å²) in [6.45, 7) is 8.68. The second kappa shape index (κ2) is 8.36. The number of pyridine rings is 1. The molecule has 4 nitrogen and oxygen atoms in total. The number of fused-ring (bicyclic) bond motifs is 1. The molecule has 0 radical (unpaired) electrons. The van der Waals surface area contributed by atoms with Crippen molar-refractivity contribution in [3.05, 3.63) is 88.2 Å². The molecule has 1 amide bonds. The SMILES string of the molecule is Cc1ccc(CC(=O)N(Cc2ccccn2)c2nc3c(C)ccc(C)c3s2)c(C)c1. The Hall–Kier alpha value is -3.05. The van der Waals surface area contributed by atoms with Crippen molar-refractivity contribution in [2.45, 2.75) is 40.7 Å². The normalized spacial score (nSPS) is 11.1. The number of benzene rings is 2. The standard InChI is InChI=1S/C25H25N3OS/c1-16-8-11-20(19(4)13-16)14-22(29)28(15-21-7-5-6-12-26-21)25-27-23-17(2)9-10-18(3)24(23)30-25/h5-13H,14-15H2,1-4H3. The number of anilines is 1. The first-order valence-corrected chi connectivity index (χ1v) is 10.9. The van der Waals surface area contributed by atoms with Gasteiger partial charge in [0, 0.05) is 6.20 Å². The van der Waals surface area contributed by atoms with Gasteiger partial charge in [0.05, 0.1) is 28.9 Å². The van der Waals surface area contributed by atoms with Crippen LogP contribution in [0.2, 0.25) is 0 Å². The molecule has 0 unspecified atom stereocenters. The van der Waals surface area contributed by atoms with Crippen molar-refractivity contribution in [3.8, 4) is 0 Å². The maximum atomic E-state index is 13.5. The van der Waals surface area contributed by atoms with E-state index in [9.17, 15) is 4.79 Å². The quantitative estimate of drug-likeness (QED) is 0.420. The molecule has 0 N–H and O–H groups in total. The molecule has 4 rings (SSSR count). The van der Waals surface area contributed by atoms with Crippen molar-refractivity contribution < 1.29 is 4.79 Å². The second-order valence-electron chi connectivity index (χ2n) is 7.78. The fraction of sp³-hybridized carbons (Fsp3) is 0.240. The van der Waals surface area contributed by atoms with Crippen molar-refractivity contribution >= 4 is 32.6 Å². The maximum absolute atomic E-state index is 13.5. The number of carbonyl (C=O) groups is 1. The average Bonchev–Trinajstić information content (AvgIpc) is 3.18. The average molecular weight is 416 g/mol. The molecule has 152 valence electrons. The Balaban J connectivity index is 1.73. The third-order valence-corrected chi connectivity index (χ3v) is 6.56. The van der Waals surface area contributed by atoms with Gasteiger partial charge in [-0.15, -0.1) is 0 Å². The van der Waals surface area contributed by atoms with E-state index in [0.717, 1.165) is 37.7 Å². The van der Waals surface area contributed by atoms with E-state index in [0.29, 0.717) is 13.0 Å². The second-order valence-corrected chi connectivity index (χ2v) is 8.76. The minimum Gasteiger partial charge on any atom is -0.282 e. The first-order chi connectivity index (χ1) is 14.4. The van der Waals surface area contributed by atoms with Gasteiger partial charge < -0.3 is 0 Å². The van der Waals surface area contributed by atoms with Gasteiger partial charge in [0.25, 0.3) is 0 Å². The molecule has 0 fully saturated rings. The zero-order valence-corrected chi connectivity index (χ0v) is 18.6. The summed E-state index contributed by atoms with van der Waals surface area (Å²) in [4.78, 5) is 24.5. The molecule has 30 heavy (non-hydrogen) atoms. The molecule has 0 saturated heterocycles. The van der Waals surface area contributed by atoms with Gasteiger partial charge in [0.15, 0.2) is 5.13 Å². The number of amides is 1. The van der Waals surface area contributed by atoms with Crippen molar-refractivity contribution in [2.75, 3.05) is 4.90 Å². The minimum absolute atomic E-state index is 0.0296. The van der Waals surface area contributed by atoms with Gasteiger partial charge in [0.1, 0.15) is 0 Å². The van der Waals surface area contributed by atoms with Crippen LogP contribution in [-0.2, 0) is 17.8 Å². The van der Waals surface area contributed by atoms with Gasteiger partial charge in [-0.2, -0.15) is 0 Å². The van der Waals surface area contributed by atoms with Crippen LogP contribution in [0, 0.1) is 27.7 Å². The molecule has 0 atom stereocenters. The third-order valence-electron chi connectivity index (χ3n) is 5.35. The van der Waals surface area contributed by atoms with E-state index in [1.165, 1.54) is 11.1 Å². The van der Waals surface area contributed by atoms with E-state index in [2.05, 4.69) is 56.9 Å². The van der Waals surface area contributed by atoms with Crippen molar-refractivity contribution in [2.24, 2.45) is 0 Å². The number of thiazole rings is 1. The van der Waals surface area contributed by atoms with Crippen molar-refractivity contribution in [1.82, 2.24) is 9.97 Å². The lowest BCUT2D eigenvalue weighted by Crippen LogP contribution is -2.32. The van der Waals surface area contributed by atoms with E-state index in [1.54, 1.807) is 22.4 Å². The summed E-state index contributed by atoms with van der Waals surface area (Å²) in [7, 11) is 0. The minimum atomic E-state index is 0.0296. The Morgan fingerprint density at radius 2 is 1.77 bits per heavy atom. The van der Waals surface area contributed by atoms with E-state index < -0.39 is 0 Å². The molecule has 2 aromatic heterocycles. The van der Waals surface area contributed by atoms with Crippen LogP contribution in [0.15, 0.2) is 54.7 Å². The van der Waals surface area contributed by atoms with E-state index in [1.807, 2.05) is 24.3 Å². The molecule has 0 spiro atoms. The van der Waals surface area contributed by atoms with Crippen LogP contribution in [0.3, 0.4) is 0 Å². The van der Waals surface area contributed by atoms with Crippen LogP contribution in [-0.4, -0.2) is 15.9 Å². The molecule has 4 aromatic rings. The van der Waals surface area contributed by atoms with E-state index >= 15 is 0 Å². The Morgan fingerprint density at radius 1 is 0.967 bits per heavy atom. The van der Waals surface area contributed by atoms with Gasteiger partial charge in [-0.05, 0) is 62.1 Å².